The summed E-state index contributed by atoms with van der Waals surface area (Å²) in [7, 11) is 0. The molecule has 1 aliphatic carbocycles. The van der Waals surface area contributed by atoms with Crippen molar-refractivity contribution >= 4 is 23.0 Å². The number of nitrogens with two attached hydrogens (primary N) is 1. The highest BCUT2D eigenvalue weighted by molar-refractivity contribution is 6.31. The predicted molar refractivity (Wildman–Crippen MR) is 61.6 cm³/mol. The van der Waals surface area contributed by atoms with Crippen LogP contribution in [0.1, 0.15) is 19.8 Å². The van der Waals surface area contributed by atoms with E-state index in [2.05, 4.69) is 12.2 Å². The van der Waals surface area contributed by atoms with E-state index in [1.54, 1.807) is 0 Å². The maximum atomic E-state index is 13.2. The Hall–Kier alpha value is -0.960. The minimum Gasteiger partial charge on any atom is -0.397 e. The first-order valence-corrected chi connectivity index (χ1v) is 5.50. The van der Waals surface area contributed by atoms with Gasteiger partial charge in [0.1, 0.15) is 5.82 Å². The van der Waals surface area contributed by atoms with Gasteiger partial charge in [-0.3, -0.25) is 0 Å². The van der Waals surface area contributed by atoms with Crippen LogP contribution in [0.25, 0.3) is 0 Å². The van der Waals surface area contributed by atoms with E-state index in [-0.39, 0.29) is 5.02 Å². The van der Waals surface area contributed by atoms with Crippen LogP contribution in [0.2, 0.25) is 5.02 Å². The molecule has 0 heterocycles. The summed E-state index contributed by atoms with van der Waals surface area (Å²) in [5.74, 6) is 0.269. The summed E-state index contributed by atoms with van der Waals surface area (Å²) in [6.45, 7) is 2.15. The molecule has 4 heteroatoms. The van der Waals surface area contributed by atoms with Gasteiger partial charge in [0.2, 0.25) is 0 Å². The van der Waals surface area contributed by atoms with Crippen molar-refractivity contribution in [3.05, 3.63) is 23.0 Å². The fourth-order valence-electron chi connectivity index (χ4n) is 1.76. The summed E-state index contributed by atoms with van der Waals surface area (Å²) < 4.78 is 13.2. The minimum atomic E-state index is -0.429. The zero-order valence-electron chi connectivity index (χ0n) is 8.56. The third-order valence-corrected chi connectivity index (χ3v) is 3.17. The highest BCUT2D eigenvalue weighted by atomic mass is 35.5. The number of benzene rings is 1. The molecule has 0 saturated heterocycles. The van der Waals surface area contributed by atoms with Gasteiger partial charge in [-0.15, -0.1) is 0 Å². The van der Waals surface area contributed by atoms with E-state index in [1.165, 1.54) is 12.1 Å². The smallest absolute Gasteiger partial charge is 0.143 e. The third kappa shape index (κ3) is 2.17. The van der Waals surface area contributed by atoms with Crippen LogP contribution in [0.3, 0.4) is 0 Å². The van der Waals surface area contributed by atoms with Gasteiger partial charge in [-0.05, 0) is 18.4 Å². The van der Waals surface area contributed by atoms with Crippen molar-refractivity contribution in [1.82, 2.24) is 0 Å². The monoisotopic (exact) mass is 228 g/mol. The van der Waals surface area contributed by atoms with Crippen molar-refractivity contribution in [2.45, 2.75) is 25.8 Å². The molecular weight excluding hydrogens is 215 g/mol. The first-order valence-electron chi connectivity index (χ1n) is 5.13. The first-order chi connectivity index (χ1) is 7.11. The number of anilines is 2. The molecular formula is C11H14ClFN2. The van der Waals surface area contributed by atoms with E-state index in [0.29, 0.717) is 23.3 Å². The molecule has 3 N–H and O–H groups in total. The normalized spacial score (nSPS) is 23.9. The molecule has 0 radical (unpaired) electrons. The van der Waals surface area contributed by atoms with Crippen molar-refractivity contribution in [2.75, 3.05) is 11.1 Å². The van der Waals surface area contributed by atoms with Crippen molar-refractivity contribution in [2.24, 2.45) is 5.92 Å². The van der Waals surface area contributed by atoms with Crippen LogP contribution in [0.15, 0.2) is 12.1 Å². The Balaban J connectivity index is 2.12. The molecule has 0 bridgehead atoms. The van der Waals surface area contributed by atoms with Gasteiger partial charge in [0.05, 0.1) is 16.4 Å². The average molecular weight is 229 g/mol. The summed E-state index contributed by atoms with van der Waals surface area (Å²) in [5, 5.41) is 3.30. The van der Waals surface area contributed by atoms with Gasteiger partial charge in [0.15, 0.2) is 0 Å². The van der Waals surface area contributed by atoms with Gasteiger partial charge in [-0.25, -0.2) is 4.39 Å². The summed E-state index contributed by atoms with van der Waals surface area (Å²) in [4.78, 5) is 0. The number of hydrogen-bond donors (Lipinski definition) is 2. The second-order valence-corrected chi connectivity index (χ2v) is 4.42. The lowest BCUT2D eigenvalue weighted by Gasteiger charge is -2.09. The number of rotatable bonds is 3. The van der Waals surface area contributed by atoms with Crippen LogP contribution in [0.5, 0.6) is 0 Å². The molecule has 2 unspecified atom stereocenters. The van der Waals surface area contributed by atoms with E-state index < -0.39 is 5.82 Å². The summed E-state index contributed by atoms with van der Waals surface area (Å²) in [6.07, 6.45) is 2.29. The number of nitrogens with one attached hydrogen (secondary N) is 1. The van der Waals surface area contributed by atoms with Crippen LogP contribution in [0.4, 0.5) is 15.8 Å². The Morgan fingerprint density at radius 1 is 1.60 bits per heavy atom. The second kappa shape index (κ2) is 3.89. The summed E-state index contributed by atoms with van der Waals surface area (Å²) in [5.41, 5.74) is 6.89. The van der Waals surface area contributed by atoms with Crippen molar-refractivity contribution < 1.29 is 4.39 Å². The number of halogens is 2. The van der Waals surface area contributed by atoms with Gasteiger partial charge >= 0.3 is 0 Å². The molecule has 1 aromatic carbocycles. The highest BCUT2D eigenvalue weighted by Gasteiger charge is 2.35. The molecule has 1 aliphatic rings. The van der Waals surface area contributed by atoms with E-state index in [0.717, 1.165) is 12.8 Å². The summed E-state index contributed by atoms with van der Waals surface area (Å²) in [6, 6.07) is 3.25. The quantitative estimate of drug-likeness (QED) is 0.780. The fraction of sp³-hybridized carbons (Fsp3) is 0.455. The number of hydrogen-bond acceptors (Lipinski definition) is 2. The maximum absolute atomic E-state index is 13.2. The van der Waals surface area contributed by atoms with Gasteiger partial charge < -0.3 is 11.1 Å². The molecule has 82 valence electrons. The standard InChI is InChI=1S/C11H14ClFN2/c1-2-6-3-10(6)15-11-5-8(13)7(12)4-9(11)14/h4-6,10,15H,2-3,14H2,1H3. The average Bonchev–Trinajstić information content (AvgIpc) is 2.93. The lowest BCUT2D eigenvalue weighted by molar-refractivity contribution is 0.628. The fourth-order valence-corrected chi connectivity index (χ4v) is 1.93. The van der Waals surface area contributed by atoms with Crippen molar-refractivity contribution in [1.29, 1.82) is 0 Å². The van der Waals surface area contributed by atoms with Crippen LogP contribution in [-0.4, -0.2) is 6.04 Å². The number of nitrogen functional groups attached to an aromatic ring is 1. The molecule has 2 atom stereocenters. The van der Waals surface area contributed by atoms with Gasteiger partial charge in [0, 0.05) is 12.1 Å². The molecule has 2 nitrogen and oxygen atoms in total. The molecule has 1 saturated carbocycles. The van der Waals surface area contributed by atoms with Gasteiger partial charge in [0.25, 0.3) is 0 Å². The molecule has 0 amide bonds. The van der Waals surface area contributed by atoms with Crippen molar-refractivity contribution in [3.8, 4) is 0 Å². The topological polar surface area (TPSA) is 38.0 Å². The van der Waals surface area contributed by atoms with Crippen LogP contribution in [-0.2, 0) is 0 Å². The summed E-state index contributed by atoms with van der Waals surface area (Å²) >= 11 is 5.61. The molecule has 1 aromatic rings. The Bertz CT molecular complexity index is 381. The van der Waals surface area contributed by atoms with E-state index in [9.17, 15) is 4.39 Å². The molecule has 0 spiro atoms. The first kappa shape index (κ1) is 10.6. The molecule has 15 heavy (non-hydrogen) atoms. The SMILES string of the molecule is CCC1CC1Nc1cc(F)c(Cl)cc1N. The largest absolute Gasteiger partial charge is 0.397 e. The Labute approximate surface area is 93.6 Å². The van der Waals surface area contributed by atoms with E-state index >= 15 is 0 Å². The van der Waals surface area contributed by atoms with Crippen molar-refractivity contribution in [3.63, 3.8) is 0 Å². The Morgan fingerprint density at radius 3 is 2.93 bits per heavy atom. The Kier molecular flexibility index (Phi) is 2.74. The predicted octanol–water partition coefficient (Wildman–Crippen LogP) is 3.27. The lowest BCUT2D eigenvalue weighted by Crippen LogP contribution is -2.07. The zero-order valence-corrected chi connectivity index (χ0v) is 9.31. The van der Waals surface area contributed by atoms with E-state index in [1.807, 2.05) is 0 Å². The van der Waals surface area contributed by atoms with Crippen LogP contribution >= 0.6 is 11.6 Å². The minimum absolute atomic E-state index is 0.0703. The maximum Gasteiger partial charge on any atom is 0.143 e. The Morgan fingerprint density at radius 2 is 2.33 bits per heavy atom. The van der Waals surface area contributed by atoms with Gasteiger partial charge in [-0.2, -0.15) is 0 Å². The zero-order chi connectivity index (χ0) is 11.0. The molecule has 0 aliphatic heterocycles. The lowest BCUT2D eigenvalue weighted by atomic mass is 10.2. The third-order valence-electron chi connectivity index (χ3n) is 2.88. The van der Waals surface area contributed by atoms with Crippen LogP contribution < -0.4 is 11.1 Å². The van der Waals surface area contributed by atoms with E-state index in [4.69, 9.17) is 17.3 Å². The van der Waals surface area contributed by atoms with Gasteiger partial charge in [-0.1, -0.05) is 24.9 Å². The van der Waals surface area contributed by atoms with Crippen LogP contribution in [0, 0.1) is 11.7 Å². The highest BCUT2D eigenvalue weighted by Crippen LogP contribution is 2.38. The molecule has 2 rings (SSSR count). The second-order valence-electron chi connectivity index (χ2n) is 4.01. The molecule has 0 aromatic heterocycles. The molecule has 1 fully saturated rings.